The number of rotatable bonds is 5. The van der Waals surface area contributed by atoms with Crippen LogP contribution in [0.5, 0.6) is 5.88 Å². The van der Waals surface area contributed by atoms with Crippen LogP contribution in [-0.4, -0.2) is 15.5 Å². The summed E-state index contributed by atoms with van der Waals surface area (Å²) in [6.45, 7) is 5.20. The second kappa shape index (κ2) is 8.11. The lowest BCUT2D eigenvalue weighted by Crippen LogP contribution is -2.27. The maximum atomic E-state index is 13.4. The summed E-state index contributed by atoms with van der Waals surface area (Å²) in [6, 6.07) is 8.71. The molecule has 0 radical (unpaired) electrons. The molecular weight excluding hydrogens is 447 g/mol. The number of aromatic hydroxyl groups is 1. The molecule has 2 aromatic rings. The van der Waals surface area contributed by atoms with E-state index in [1.807, 2.05) is 19.9 Å². The van der Waals surface area contributed by atoms with Crippen LogP contribution >= 0.6 is 34.8 Å². The molecule has 1 aliphatic carbocycles. The number of benzene rings is 1. The second-order valence-corrected chi connectivity index (χ2v) is 9.35. The molecule has 0 bridgehead atoms. The smallest absolute Gasteiger partial charge is 0.271 e. The van der Waals surface area contributed by atoms with Crippen molar-refractivity contribution in [1.29, 1.82) is 5.26 Å². The Morgan fingerprint density at radius 2 is 1.97 bits per heavy atom. The Kier molecular flexibility index (Phi) is 6.06. The van der Waals surface area contributed by atoms with E-state index < -0.39 is 22.8 Å². The first-order chi connectivity index (χ1) is 14.0. The molecule has 1 saturated carbocycles. The van der Waals surface area contributed by atoms with Crippen molar-refractivity contribution in [1.82, 2.24) is 4.57 Å². The molecule has 5 nitrogen and oxygen atoms in total. The Hall–Kier alpha value is -2.26. The predicted octanol–water partition coefficient (Wildman–Crippen LogP) is 5.21. The number of hydrogen-bond acceptors (Lipinski definition) is 4. The molecule has 0 saturated heterocycles. The van der Waals surface area contributed by atoms with Crippen LogP contribution < -0.4 is 5.56 Å². The number of ketones is 1. The minimum Gasteiger partial charge on any atom is -0.494 e. The van der Waals surface area contributed by atoms with Crippen LogP contribution in [0.1, 0.15) is 40.9 Å². The van der Waals surface area contributed by atoms with Gasteiger partial charge in [0.1, 0.15) is 16.1 Å². The van der Waals surface area contributed by atoms with Gasteiger partial charge in [0.2, 0.25) is 5.88 Å². The molecule has 1 aliphatic rings. The summed E-state index contributed by atoms with van der Waals surface area (Å²) in [5.74, 6) is -1.56. The van der Waals surface area contributed by atoms with E-state index in [-0.39, 0.29) is 39.4 Å². The van der Waals surface area contributed by atoms with E-state index in [4.69, 9.17) is 34.8 Å². The molecule has 1 heterocycles. The summed E-state index contributed by atoms with van der Waals surface area (Å²) < 4.78 is 1.07. The molecule has 1 N–H and O–H groups in total. The van der Waals surface area contributed by atoms with E-state index in [9.17, 15) is 20.0 Å². The van der Waals surface area contributed by atoms with Crippen LogP contribution in [0, 0.1) is 35.5 Å². The van der Waals surface area contributed by atoms with Gasteiger partial charge >= 0.3 is 0 Å². The first kappa shape index (κ1) is 22.4. The molecule has 2 unspecified atom stereocenters. The lowest BCUT2D eigenvalue weighted by molar-refractivity contribution is 0.0946. The number of Topliss-reactive ketones (excluding diaryl/α,β-unsaturated/α-hetero) is 1. The first-order valence-electron chi connectivity index (χ1n) is 9.19. The first-order valence-corrected chi connectivity index (χ1v) is 10.3. The van der Waals surface area contributed by atoms with Crippen LogP contribution in [-0.2, 0) is 6.54 Å². The highest BCUT2D eigenvalue weighted by molar-refractivity contribution is 6.55. The fourth-order valence-corrected chi connectivity index (χ4v) is 4.44. The third-order valence-electron chi connectivity index (χ3n) is 5.83. The molecule has 1 fully saturated rings. The summed E-state index contributed by atoms with van der Waals surface area (Å²) in [7, 11) is 0. The molecule has 8 heteroatoms. The van der Waals surface area contributed by atoms with Crippen molar-refractivity contribution >= 4 is 40.6 Å². The molecule has 156 valence electrons. The number of carbonyl (C=O) groups excluding carboxylic acids is 1. The molecule has 3 rings (SSSR count). The maximum Gasteiger partial charge on any atom is 0.271 e. The van der Waals surface area contributed by atoms with Gasteiger partial charge in [-0.2, -0.15) is 5.26 Å². The zero-order valence-corrected chi connectivity index (χ0v) is 18.8. The van der Waals surface area contributed by atoms with Crippen molar-refractivity contribution in [3.8, 4) is 11.9 Å². The van der Waals surface area contributed by atoms with Gasteiger partial charge in [0.15, 0.2) is 5.78 Å². The normalized spacial score (nSPS) is 19.1. The minimum absolute atomic E-state index is 0.0436. The zero-order valence-electron chi connectivity index (χ0n) is 16.5. The molecule has 2 atom stereocenters. The maximum absolute atomic E-state index is 13.4. The van der Waals surface area contributed by atoms with Crippen LogP contribution in [0.3, 0.4) is 0 Å². The van der Waals surface area contributed by atoms with Gasteiger partial charge < -0.3 is 5.11 Å². The van der Waals surface area contributed by atoms with Gasteiger partial charge in [-0.05, 0) is 41.5 Å². The molecule has 1 aromatic carbocycles. The van der Waals surface area contributed by atoms with Crippen molar-refractivity contribution in [2.75, 3.05) is 0 Å². The van der Waals surface area contributed by atoms with Crippen LogP contribution in [0.4, 0.5) is 0 Å². The van der Waals surface area contributed by atoms with Crippen LogP contribution in [0.15, 0.2) is 39.6 Å². The van der Waals surface area contributed by atoms with Crippen LogP contribution in [0.2, 0.25) is 5.02 Å². The van der Waals surface area contributed by atoms with E-state index in [0.29, 0.717) is 10.6 Å². The lowest BCUT2D eigenvalue weighted by Gasteiger charge is -2.16. The van der Waals surface area contributed by atoms with Crippen molar-refractivity contribution in [3.05, 3.63) is 72.5 Å². The third-order valence-corrected chi connectivity index (χ3v) is 6.45. The predicted molar refractivity (Wildman–Crippen MR) is 117 cm³/mol. The minimum atomic E-state index is -0.681. The quantitative estimate of drug-likeness (QED) is 0.614. The van der Waals surface area contributed by atoms with Gasteiger partial charge in [0.25, 0.3) is 5.56 Å². The Morgan fingerprint density at radius 1 is 1.33 bits per heavy atom. The summed E-state index contributed by atoms with van der Waals surface area (Å²) in [5.41, 5.74) is -0.616. The third kappa shape index (κ3) is 3.76. The number of carbonyl (C=O) groups is 1. The summed E-state index contributed by atoms with van der Waals surface area (Å²) in [4.78, 5) is 26.2. The second-order valence-electron chi connectivity index (χ2n) is 7.94. The van der Waals surface area contributed by atoms with Gasteiger partial charge in [-0.1, -0.05) is 66.8 Å². The van der Waals surface area contributed by atoms with Crippen molar-refractivity contribution in [3.63, 3.8) is 0 Å². The Labute approximate surface area is 189 Å². The standard InChI is InChI=1S/C22H19Cl3N2O3/c1-11-13(9-26)20(29)27(10-12-6-4-5-7-15(12)23)21(30)17(11)19(28)18-14(8-16(24)25)22(18,2)3/h4-8,14,18,30H,10H2,1-3H3. The highest BCUT2D eigenvalue weighted by atomic mass is 35.5. The average molecular weight is 466 g/mol. The summed E-state index contributed by atoms with van der Waals surface area (Å²) in [5, 5.41) is 20.9. The molecule has 0 spiro atoms. The molecule has 30 heavy (non-hydrogen) atoms. The monoisotopic (exact) mass is 464 g/mol. The van der Waals surface area contributed by atoms with Crippen molar-refractivity contribution in [2.24, 2.45) is 17.3 Å². The van der Waals surface area contributed by atoms with E-state index in [1.165, 1.54) is 6.92 Å². The molecule has 0 amide bonds. The van der Waals surface area contributed by atoms with Gasteiger partial charge in [-0.15, -0.1) is 0 Å². The molecule has 1 aromatic heterocycles. The van der Waals surface area contributed by atoms with Crippen molar-refractivity contribution < 1.29 is 9.90 Å². The number of allylic oxidation sites excluding steroid dienone is 1. The highest BCUT2D eigenvalue weighted by Gasteiger charge is 2.61. The SMILES string of the molecule is Cc1c(C(=O)C2C(C=C(Cl)Cl)C2(C)C)c(O)n(Cc2ccccc2Cl)c(=O)c1C#N. The van der Waals surface area contributed by atoms with E-state index in [2.05, 4.69) is 0 Å². The number of hydrogen-bond donors (Lipinski definition) is 1. The van der Waals surface area contributed by atoms with E-state index in [1.54, 1.807) is 30.3 Å². The summed E-state index contributed by atoms with van der Waals surface area (Å²) >= 11 is 17.8. The average Bonchev–Trinajstić information content (AvgIpc) is 3.19. The molecular formula is C22H19Cl3N2O3. The fraction of sp³-hybridized carbons (Fsp3) is 0.318. The summed E-state index contributed by atoms with van der Waals surface area (Å²) in [6.07, 6.45) is 1.60. The largest absolute Gasteiger partial charge is 0.494 e. The lowest BCUT2D eigenvalue weighted by atomic mass is 9.96. The van der Waals surface area contributed by atoms with Crippen LogP contribution in [0.25, 0.3) is 0 Å². The van der Waals surface area contributed by atoms with Gasteiger partial charge in [-0.3, -0.25) is 14.2 Å². The Balaban J connectivity index is 2.16. The Morgan fingerprint density at radius 3 is 2.53 bits per heavy atom. The number of nitrogens with zero attached hydrogens (tertiary/aromatic N) is 2. The Bertz CT molecular complexity index is 1170. The van der Waals surface area contributed by atoms with E-state index in [0.717, 1.165) is 4.57 Å². The number of aromatic nitrogens is 1. The zero-order chi connectivity index (χ0) is 22.4. The van der Waals surface area contributed by atoms with Gasteiger partial charge in [-0.25, -0.2) is 0 Å². The highest BCUT2D eigenvalue weighted by Crippen LogP contribution is 2.61. The number of nitriles is 1. The molecule has 0 aliphatic heterocycles. The van der Waals surface area contributed by atoms with Gasteiger partial charge in [0.05, 0.1) is 12.1 Å². The number of pyridine rings is 1. The fourth-order valence-electron chi connectivity index (χ4n) is 3.97. The number of halogens is 3. The van der Waals surface area contributed by atoms with Crippen molar-refractivity contribution in [2.45, 2.75) is 27.3 Å². The topological polar surface area (TPSA) is 83.1 Å². The van der Waals surface area contributed by atoms with Gasteiger partial charge in [0, 0.05) is 10.9 Å². The van der Waals surface area contributed by atoms with E-state index >= 15 is 0 Å².